The summed E-state index contributed by atoms with van der Waals surface area (Å²) in [6.07, 6.45) is 0. The molecule has 0 fully saturated rings. The zero-order valence-corrected chi connectivity index (χ0v) is 13.1. The maximum absolute atomic E-state index is 6.20. The Morgan fingerprint density at radius 2 is 1.40 bits per heavy atom. The van der Waals surface area contributed by atoms with Crippen LogP contribution in [0.4, 0.5) is 11.4 Å². The van der Waals surface area contributed by atoms with E-state index in [4.69, 9.17) is 5.73 Å². The second-order valence-electron chi connectivity index (χ2n) is 5.63. The smallest absolute Gasteiger partial charge is 0.0425 e. The molecule has 2 aromatic rings. The Balaban J connectivity index is 2.28. The molecule has 0 aromatic heterocycles. The molecule has 2 rings (SSSR count). The van der Waals surface area contributed by atoms with Crippen molar-refractivity contribution in [3.05, 3.63) is 57.6 Å². The van der Waals surface area contributed by atoms with Crippen LogP contribution in [-0.4, -0.2) is 0 Å². The molecule has 0 amide bonds. The van der Waals surface area contributed by atoms with Crippen LogP contribution in [-0.2, 0) is 6.54 Å². The number of nitrogens with two attached hydrogens (primary N) is 1. The van der Waals surface area contributed by atoms with Crippen molar-refractivity contribution >= 4 is 11.4 Å². The van der Waals surface area contributed by atoms with Crippen molar-refractivity contribution in [1.82, 2.24) is 0 Å². The minimum atomic E-state index is 0.823. The Morgan fingerprint density at radius 3 is 2.00 bits per heavy atom. The number of nitrogens with one attached hydrogen (secondary N) is 1. The summed E-state index contributed by atoms with van der Waals surface area (Å²) in [5.74, 6) is 0. The number of aryl methyl sites for hydroxylation is 1. The van der Waals surface area contributed by atoms with E-state index in [2.05, 4.69) is 64.2 Å². The lowest BCUT2D eigenvalue weighted by atomic mass is 9.96. The van der Waals surface area contributed by atoms with Crippen LogP contribution in [0.2, 0.25) is 0 Å². The number of rotatable bonds is 3. The van der Waals surface area contributed by atoms with Crippen LogP contribution >= 0.6 is 0 Å². The Hall–Kier alpha value is -1.96. The zero-order chi connectivity index (χ0) is 14.9. The Morgan fingerprint density at radius 1 is 0.800 bits per heavy atom. The van der Waals surface area contributed by atoms with Gasteiger partial charge in [0.1, 0.15) is 0 Å². The molecule has 2 nitrogen and oxygen atoms in total. The van der Waals surface area contributed by atoms with Gasteiger partial charge in [0.25, 0.3) is 0 Å². The van der Waals surface area contributed by atoms with E-state index in [1.54, 1.807) is 0 Å². The lowest BCUT2D eigenvalue weighted by Gasteiger charge is -2.19. The predicted molar refractivity (Wildman–Crippen MR) is 88.3 cm³/mol. The Bertz CT molecular complexity index is 596. The number of benzene rings is 2. The lowest BCUT2D eigenvalue weighted by molar-refractivity contribution is 1.11. The molecular weight excluding hydrogens is 244 g/mol. The minimum Gasteiger partial charge on any atom is -0.398 e. The summed E-state index contributed by atoms with van der Waals surface area (Å²) in [6, 6.07) is 8.62. The minimum absolute atomic E-state index is 0.823. The molecule has 0 aliphatic heterocycles. The van der Waals surface area contributed by atoms with Gasteiger partial charge in [0.2, 0.25) is 0 Å². The molecule has 0 spiro atoms. The first kappa shape index (κ1) is 14.4. The molecule has 2 heteroatoms. The van der Waals surface area contributed by atoms with Crippen LogP contribution in [0.25, 0.3) is 0 Å². The van der Waals surface area contributed by atoms with E-state index >= 15 is 0 Å². The van der Waals surface area contributed by atoms with E-state index in [0.717, 1.165) is 17.8 Å². The highest BCUT2D eigenvalue weighted by molar-refractivity contribution is 5.72. The third-order valence-electron chi connectivity index (χ3n) is 4.27. The second kappa shape index (κ2) is 5.58. The summed E-state index contributed by atoms with van der Waals surface area (Å²) in [6.45, 7) is 11.4. The summed E-state index contributed by atoms with van der Waals surface area (Å²) < 4.78 is 0. The topological polar surface area (TPSA) is 38.0 Å². The largest absolute Gasteiger partial charge is 0.398 e. The first-order valence-electron chi connectivity index (χ1n) is 7.07. The SMILES string of the molecule is Cc1ccc(CNc2c(C)c(C)c(C)c(N)c2C)cc1. The van der Waals surface area contributed by atoms with Crippen molar-refractivity contribution < 1.29 is 0 Å². The van der Waals surface area contributed by atoms with Gasteiger partial charge in [-0.15, -0.1) is 0 Å². The number of anilines is 2. The highest BCUT2D eigenvalue weighted by atomic mass is 14.9. The summed E-state index contributed by atoms with van der Waals surface area (Å²) in [7, 11) is 0. The van der Waals surface area contributed by atoms with Crippen LogP contribution in [0.1, 0.15) is 33.4 Å². The van der Waals surface area contributed by atoms with Crippen LogP contribution in [0.5, 0.6) is 0 Å². The molecule has 0 unspecified atom stereocenters. The summed E-state index contributed by atoms with van der Waals surface area (Å²) in [5.41, 5.74) is 15.8. The van der Waals surface area contributed by atoms with Crippen molar-refractivity contribution in [2.75, 3.05) is 11.1 Å². The fourth-order valence-electron chi connectivity index (χ4n) is 2.53. The van der Waals surface area contributed by atoms with Gasteiger partial charge in [0, 0.05) is 17.9 Å². The molecule has 106 valence electrons. The van der Waals surface area contributed by atoms with Gasteiger partial charge in [-0.25, -0.2) is 0 Å². The molecule has 0 saturated carbocycles. The van der Waals surface area contributed by atoms with Gasteiger partial charge < -0.3 is 11.1 Å². The van der Waals surface area contributed by atoms with Crippen LogP contribution < -0.4 is 11.1 Å². The van der Waals surface area contributed by atoms with E-state index in [-0.39, 0.29) is 0 Å². The number of hydrogen-bond acceptors (Lipinski definition) is 2. The van der Waals surface area contributed by atoms with Gasteiger partial charge in [-0.05, 0) is 62.4 Å². The van der Waals surface area contributed by atoms with Gasteiger partial charge in [-0.1, -0.05) is 29.8 Å². The van der Waals surface area contributed by atoms with Gasteiger partial charge in [0.15, 0.2) is 0 Å². The van der Waals surface area contributed by atoms with Gasteiger partial charge in [-0.2, -0.15) is 0 Å². The van der Waals surface area contributed by atoms with Crippen molar-refractivity contribution in [2.45, 2.75) is 41.2 Å². The summed E-state index contributed by atoms with van der Waals surface area (Å²) in [4.78, 5) is 0. The molecule has 0 aliphatic carbocycles. The molecule has 3 N–H and O–H groups in total. The van der Waals surface area contributed by atoms with E-state index in [1.165, 1.54) is 33.5 Å². The molecule has 0 heterocycles. The van der Waals surface area contributed by atoms with Crippen molar-refractivity contribution in [1.29, 1.82) is 0 Å². The third kappa shape index (κ3) is 2.64. The van der Waals surface area contributed by atoms with Crippen LogP contribution in [0.15, 0.2) is 24.3 Å². The monoisotopic (exact) mass is 268 g/mol. The molecule has 0 radical (unpaired) electrons. The first-order chi connectivity index (χ1) is 9.41. The molecule has 0 atom stereocenters. The fraction of sp³-hybridized carbons (Fsp3) is 0.333. The Kier molecular flexibility index (Phi) is 4.03. The van der Waals surface area contributed by atoms with Crippen LogP contribution in [0, 0.1) is 34.6 Å². The average Bonchev–Trinajstić information content (AvgIpc) is 2.45. The van der Waals surface area contributed by atoms with E-state index in [9.17, 15) is 0 Å². The average molecular weight is 268 g/mol. The standard InChI is InChI=1S/C18H24N2/c1-11-6-8-16(9-7-11)10-20-18-14(4)12(2)13(3)17(19)15(18)5/h6-9,20H,10,19H2,1-5H3. The summed E-state index contributed by atoms with van der Waals surface area (Å²) in [5, 5.41) is 3.55. The van der Waals surface area contributed by atoms with Crippen molar-refractivity contribution in [2.24, 2.45) is 0 Å². The van der Waals surface area contributed by atoms with Gasteiger partial charge in [-0.3, -0.25) is 0 Å². The van der Waals surface area contributed by atoms with Gasteiger partial charge >= 0.3 is 0 Å². The number of nitrogen functional groups attached to an aromatic ring is 1. The van der Waals surface area contributed by atoms with Gasteiger partial charge in [0.05, 0.1) is 0 Å². The maximum atomic E-state index is 6.20. The molecule has 0 bridgehead atoms. The molecule has 20 heavy (non-hydrogen) atoms. The third-order valence-corrected chi connectivity index (χ3v) is 4.27. The normalized spacial score (nSPS) is 10.7. The maximum Gasteiger partial charge on any atom is 0.0425 e. The highest BCUT2D eigenvalue weighted by Gasteiger charge is 2.12. The molecular formula is C18H24N2. The molecule has 2 aromatic carbocycles. The zero-order valence-electron chi connectivity index (χ0n) is 13.1. The van der Waals surface area contributed by atoms with Crippen molar-refractivity contribution in [3.63, 3.8) is 0 Å². The summed E-state index contributed by atoms with van der Waals surface area (Å²) >= 11 is 0. The molecule has 0 saturated heterocycles. The first-order valence-corrected chi connectivity index (χ1v) is 7.07. The second-order valence-corrected chi connectivity index (χ2v) is 5.63. The molecule has 0 aliphatic rings. The van der Waals surface area contributed by atoms with E-state index in [1.807, 2.05) is 0 Å². The number of hydrogen-bond donors (Lipinski definition) is 2. The predicted octanol–water partition coefficient (Wildman–Crippen LogP) is 4.42. The fourth-order valence-corrected chi connectivity index (χ4v) is 2.53. The highest BCUT2D eigenvalue weighted by Crippen LogP contribution is 2.32. The lowest BCUT2D eigenvalue weighted by Crippen LogP contribution is -2.08. The van der Waals surface area contributed by atoms with E-state index in [0.29, 0.717) is 0 Å². The quantitative estimate of drug-likeness (QED) is 0.808. The van der Waals surface area contributed by atoms with E-state index < -0.39 is 0 Å². The van der Waals surface area contributed by atoms with Crippen LogP contribution in [0.3, 0.4) is 0 Å². The van der Waals surface area contributed by atoms with Crippen molar-refractivity contribution in [3.8, 4) is 0 Å². The Labute approximate surface area is 122 Å².